The highest BCUT2D eigenvalue weighted by molar-refractivity contribution is 7.99. The molecule has 2 N–H and O–H groups in total. The summed E-state index contributed by atoms with van der Waals surface area (Å²) in [5, 5.41) is 18.0. The average Bonchev–Trinajstić information content (AvgIpc) is 3.50. The first-order valence-electron chi connectivity index (χ1n) is 11.3. The van der Waals surface area contributed by atoms with Crippen molar-refractivity contribution in [1.82, 2.24) is 25.1 Å². The number of hydrogen-bond donors (Lipinski definition) is 2. The van der Waals surface area contributed by atoms with Crippen molar-refractivity contribution in [1.29, 1.82) is 0 Å². The lowest BCUT2D eigenvalue weighted by Gasteiger charge is -2.15. The highest BCUT2D eigenvalue weighted by Crippen LogP contribution is 2.27. The lowest BCUT2D eigenvalue weighted by molar-refractivity contribution is -0.113. The highest BCUT2D eigenvalue weighted by Gasteiger charge is 2.20. The molecule has 2 amide bonds. The molecule has 36 heavy (non-hydrogen) atoms. The van der Waals surface area contributed by atoms with E-state index in [1.165, 1.54) is 23.1 Å². The van der Waals surface area contributed by atoms with Crippen molar-refractivity contribution in [3.05, 3.63) is 75.9 Å². The second-order valence-corrected chi connectivity index (χ2v) is 10.3. The molecule has 0 aliphatic heterocycles. The molecule has 1 atom stereocenters. The molecule has 0 saturated carbocycles. The molecule has 0 radical (unpaired) electrons. The van der Waals surface area contributed by atoms with E-state index in [1.807, 2.05) is 55.0 Å². The molecule has 8 nitrogen and oxygen atoms in total. The van der Waals surface area contributed by atoms with Crippen molar-refractivity contribution >= 4 is 51.6 Å². The maximum atomic E-state index is 12.6. The van der Waals surface area contributed by atoms with E-state index in [-0.39, 0.29) is 23.6 Å². The molecule has 186 valence electrons. The summed E-state index contributed by atoms with van der Waals surface area (Å²) >= 11 is 8.59. The number of rotatable bonds is 9. The molecule has 4 aromatic rings. The number of benzene rings is 2. The first-order valence-corrected chi connectivity index (χ1v) is 13.5. The number of amides is 2. The number of halogens is 1. The Bertz CT molecular complexity index is 1350. The summed E-state index contributed by atoms with van der Waals surface area (Å²) in [5.74, 6) is 0.416. The first-order chi connectivity index (χ1) is 17.3. The molecule has 2 aromatic heterocycles. The van der Waals surface area contributed by atoms with Gasteiger partial charge < -0.3 is 15.2 Å². The fourth-order valence-corrected chi connectivity index (χ4v) is 5.11. The SMILES string of the molecule is CCn1c(SCC(=O)Nc2nc(-c3ccc(Cl)cc3)cs2)nnc1C(C)NC(=O)c1ccc(C)cc1. The minimum absolute atomic E-state index is 0.151. The van der Waals surface area contributed by atoms with Crippen LogP contribution in [0.2, 0.25) is 5.02 Å². The second-order valence-electron chi connectivity index (χ2n) is 8.03. The Morgan fingerprint density at radius 2 is 1.83 bits per heavy atom. The van der Waals surface area contributed by atoms with Crippen molar-refractivity contribution < 1.29 is 9.59 Å². The number of nitrogens with one attached hydrogen (secondary N) is 2. The number of aromatic nitrogens is 4. The predicted molar refractivity (Wildman–Crippen MR) is 145 cm³/mol. The molecule has 0 fully saturated rings. The lowest BCUT2D eigenvalue weighted by atomic mass is 10.1. The number of hydrogen-bond acceptors (Lipinski definition) is 7. The number of thioether (sulfide) groups is 1. The monoisotopic (exact) mass is 540 g/mol. The van der Waals surface area contributed by atoms with Gasteiger partial charge in [0.15, 0.2) is 16.1 Å². The van der Waals surface area contributed by atoms with Crippen LogP contribution >= 0.6 is 34.7 Å². The Morgan fingerprint density at radius 3 is 2.53 bits per heavy atom. The number of nitrogens with zero attached hydrogens (tertiary/aromatic N) is 4. The van der Waals surface area contributed by atoms with Crippen LogP contribution in [0, 0.1) is 6.92 Å². The highest BCUT2D eigenvalue weighted by atomic mass is 35.5. The van der Waals surface area contributed by atoms with Gasteiger partial charge in [-0.3, -0.25) is 9.59 Å². The quantitative estimate of drug-likeness (QED) is 0.268. The summed E-state index contributed by atoms with van der Waals surface area (Å²) in [7, 11) is 0. The van der Waals surface area contributed by atoms with Crippen molar-refractivity contribution in [3.8, 4) is 11.3 Å². The van der Waals surface area contributed by atoms with E-state index in [9.17, 15) is 9.59 Å². The Hall–Kier alpha value is -3.21. The third kappa shape index (κ3) is 6.31. The maximum Gasteiger partial charge on any atom is 0.251 e. The second kappa shape index (κ2) is 11.7. The fraction of sp³-hybridized carbons (Fsp3) is 0.240. The molecule has 11 heteroatoms. The molecule has 1 unspecified atom stereocenters. The van der Waals surface area contributed by atoms with E-state index in [1.54, 1.807) is 24.3 Å². The van der Waals surface area contributed by atoms with Gasteiger partial charge in [0.1, 0.15) is 0 Å². The zero-order valence-corrected chi connectivity index (χ0v) is 22.4. The normalized spacial score (nSPS) is 11.8. The van der Waals surface area contributed by atoms with Crippen LogP contribution in [0.3, 0.4) is 0 Å². The number of carbonyl (C=O) groups excluding carboxylic acids is 2. The van der Waals surface area contributed by atoms with Crippen LogP contribution < -0.4 is 10.6 Å². The van der Waals surface area contributed by atoms with Gasteiger partial charge in [-0.2, -0.15) is 0 Å². The number of thiazole rings is 1. The van der Waals surface area contributed by atoms with Crippen molar-refractivity contribution in [3.63, 3.8) is 0 Å². The van der Waals surface area contributed by atoms with E-state index in [0.29, 0.717) is 33.2 Å². The minimum atomic E-state index is -0.351. The standard InChI is InChI=1S/C25H25ClN6O2S2/c1-4-32-22(16(3)27-23(34)18-7-5-15(2)6-8-18)30-31-25(32)36-14-21(33)29-24-28-20(13-35-24)17-9-11-19(26)12-10-17/h5-13,16H,4,14H2,1-3H3,(H,27,34)(H,28,29,33). The molecule has 0 aliphatic rings. The molecule has 0 spiro atoms. The van der Waals surface area contributed by atoms with E-state index in [4.69, 9.17) is 11.6 Å². The van der Waals surface area contributed by atoms with Crippen LogP contribution in [0.15, 0.2) is 59.1 Å². The average molecular weight is 541 g/mol. The van der Waals surface area contributed by atoms with E-state index in [2.05, 4.69) is 25.8 Å². The van der Waals surface area contributed by atoms with Crippen LogP contribution in [0.4, 0.5) is 5.13 Å². The van der Waals surface area contributed by atoms with Gasteiger partial charge in [0.25, 0.3) is 5.91 Å². The largest absolute Gasteiger partial charge is 0.342 e. The molecule has 0 saturated heterocycles. The third-order valence-corrected chi connectivity index (χ3v) is 7.31. The van der Waals surface area contributed by atoms with Gasteiger partial charge in [-0.25, -0.2) is 4.98 Å². The molecule has 0 bridgehead atoms. The summed E-state index contributed by atoms with van der Waals surface area (Å²) < 4.78 is 1.90. The smallest absolute Gasteiger partial charge is 0.251 e. The van der Waals surface area contributed by atoms with Gasteiger partial charge in [-0.05, 0) is 45.0 Å². The Balaban J connectivity index is 1.34. The molecular formula is C25H25ClN6O2S2. The van der Waals surface area contributed by atoms with Crippen LogP contribution in [0.5, 0.6) is 0 Å². The summed E-state index contributed by atoms with van der Waals surface area (Å²) in [5.41, 5.74) is 3.38. The van der Waals surface area contributed by atoms with Gasteiger partial charge in [-0.1, -0.05) is 53.2 Å². The lowest BCUT2D eigenvalue weighted by Crippen LogP contribution is -2.28. The van der Waals surface area contributed by atoms with Gasteiger partial charge in [-0.15, -0.1) is 21.5 Å². The maximum absolute atomic E-state index is 12.6. The zero-order valence-electron chi connectivity index (χ0n) is 20.0. The topological polar surface area (TPSA) is 102 Å². The van der Waals surface area contributed by atoms with Crippen molar-refractivity contribution in [2.45, 2.75) is 38.5 Å². The molecule has 4 rings (SSSR count). The van der Waals surface area contributed by atoms with Gasteiger partial charge in [0, 0.05) is 28.1 Å². The summed E-state index contributed by atoms with van der Waals surface area (Å²) in [6.07, 6.45) is 0. The molecule has 2 heterocycles. The Morgan fingerprint density at radius 1 is 1.11 bits per heavy atom. The van der Waals surface area contributed by atoms with Crippen molar-refractivity contribution in [2.75, 3.05) is 11.1 Å². The van der Waals surface area contributed by atoms with E-state index < -0.39 is 0 Å². The summed E-state index contributed by atoms with van der Waals surface area (Å²) in [4.78, 5) is 29.6. The molecular weight excluding hydrogens is 516 g/mol. The number of aryl methyl sites for hydroxylation is 1. The first kappa shape index (κ1) is 25.9. The van der Waals surface area contributed by atoms with Crippen molar-refractivity contribution in [2.24, 2.45) is 0 Å². The zero-order chi connectivity index (χ0) is 25.7. The number of carbonyl (C=O) groups is 2. The fourth-order valence-electron chi connectivity index (χ4n) is 3.44. The van der Waals surface area contributed by atoms with E-state index in [0.717, 1.165) is 16.8 Å². The van der Waals surface area contributed by atoms with Gasteiger partial charge in [0.2, 0.25) is 5.91 Å². The minimum Gasteiger partial charge on any atom is -0.342 e. The molecule has 2 aromatic carbocycles. The van der Waals surface area contributed by atoms with Gasteiger partial charge in [0.05, 0.1) is 17.5 Å². The Kier molecular flexibility index (Phi) is 8.40. The molecule has 0 aliphatic carbocycles. The van der Waals surface area contributed by atoms with Crippen LogP contribution in [-0.4, -0.2) is 37.3 Å². The van der Waals surface area contributed by atoms with E-state index >= 15 is 0 Å². The van der Waals surface area contributed by atoms with Crippen LogP contribution in [0.25, 0.3) is 11.3 Å². The summed E-state index contributed by atoms with van der Waals surface area (Å²) in [6, 6.07) is 14.4. The number of anilines is 1. The van der Waals surface area contributed by atoms with Crippen LogP contribution in [-0.2, 0) is 11.3 Å². The van der Waals surface area contributed by atoms with Crippen LogP contribution in [0.1, 0.15) is 41.6 Å². The predicted octanol–water partition coefficient (Wildman–Crippen LogP) is 5.61. The van der Waals surface area contributed by atoms with Gasteiger partial charge >= 0.3 is 0 Å². The third-order valence-electron chi connectivity index (χ3n) is 5.33. The summed E-state index contributed by atoms with van der Waals surface area (Å²) in [6.45, 7) is 6.42. The Labute approximate surface area is 222 Å².